The highest BCUT2D eigenvalue weighted by Crippen LogP contribution is 2.26. The summed E-state index contributed by atoms with van der Waals surface area (Å²) in [5.74, 6) is 0.830. The van der Waals surface area contributed by atoms with Gasteiger partial charge in [0.15, 0.2) is 11.6 Å². The van der Waals surface area contributed by atoms with Gasteiger partial charge in [0.25, 0.3) is 0 Å². The second kappa shape index (κ2) is 8.98. The molecule has 2 aromatic carbocycles. The average Bonchev–Trinajstić information content (AvgIpc) is 2.69. The normalized spacial score (nSPS) is 10.6. The number of rotatable bonds is 8. The van der Waals surface area contributed by atoms with Gasteiger partial charge in [-0.05, 0) is 48.2 Å². The van der Waals surface area contributed by atoms with Crippen LogP contribution in [0.15, 0.2) is 54.9 Å². The first-order valence-corrected chi connectivity index (χ1v) is 9.10. The van der Waals surface area contributed by atoms with E-state index in [9.17, 15) is 4.39 Å². The lowest BCUT2D eigenvalue weighted by Crippen LogP contribution is -2.08. The summed E-state index contributed by atoms with van der Waals surface area (Å²) in [6.07, 6.45) is 4.92. The van der Waals surface area contributed by atoms with E-state index in [0.717, 1.165) is 17.7 Å². The van der Waals surface area contributed by atoms with Gasteiger partial charge < -0.3 is 16.4 Å². The van der Waals surface area contributed by atoms with Crippen molar-refractivity contribution >= 4 is 23.0 Å². The van der Waals surface area contributed by atoms with Gasteiger partial charge in [-0.1, -0.05) is 37.6 Å². The predicted molar refractivity (Wildman–Crippen MR) is 109 cm³/mol. The van der Waals surface area contributed by atoms with Crippen molar-refractivity contribution in [3.8, 4) is 0 Å². The van der Waals surface area contributed by atoms with E-state index in [1.54, 1.807) is 12.1 Å². The van der Waals surface area contributed by atoms with Gasteiger partial charge in [0, 0.05) is 12.2 Å². The van der Waals surface area contributed by atoms with Crippen molar-refractivity contribution in [3.05, 3.63) is 71.8 Å². The molecule has 3 rings (SSSR count). The summed E-state index contributed by atoms with van der Waals surface area (Å²) in [4.78, 5) is 8.44. The van der Waals surface area contributed by atoms with Crippen molar-refractivity contribution in [2.75, 3.05) is 16.4 Å². The zero-order valence-electron chi connectivity index (χ0n) is 15.4. The fourth-order valence-electron chi connectivity index (χ4n) is 2.70. The van der Waals surface area contributed by atoms with Crippen LogP contribution in [0.5, 0.6) is 0 Å². The minimum atomic E-state index is -0.257. The molecule has 0 amide bonds. The molecule has 140 valence electrons. The third kappa shape index (κ3) is 5.17. The summed E-state index contributed by atoms with van der Waals surface area (Å²) in [6.45, 7) is 2.68. The molecular formula is C21H24FN5. The van der Waals surface area contributed by atoms with Crippen molar-refractivity contribution < 1.29 is 4.39 Å². The number of anilines is 4. The minimum Gasteiger partial charge on any atom is -0.393 e. The number of hydrogen-bond donors (Lipinski definition) is 3. The zero-order valence-corrected chi connectivity index (χ0v) is 15.4. The first-order chi connectivity index (χ1) is 13.2. The standard InChI is InChI=1S/C21H24FN5/c1-2-3-4-15-7-11-18(12-8-15)27-21-19(23)20(25-14-26-21)24-13-16-5-9-17(22)10-6-16/h5-12,14H,2-4,13,23H2,1H3,(H2,24,25,26,27). The van der Waals surface area contributed by atoms with Crippen molar-refractivity contribution in [2.24, 2.45) is 0 Å². The second-order valence-corrected chi connectivity index (χ2v) is 6.39. The molecule has 1 heterocycles. The molecule has 0 atom stereocenters. The summed E-state index contributed by atoms with van der Waals surface area (Å²) < 4.78 is 13.0. The first-order valence-electron chi connectivity index (χ1n) is 9.10. The quantitative estimate of drug-likeness (QED) is 0.529. The van der Waals surface area contributed by atoms with Gasteiger partial charge in [0.2, 0.25) is 0 Å². The summed E-state index contributed by atoms with van der Waals surface area (Å²) in [6, 6.07) is 14.6. The van der Waals surface area contributed by atoms with Crippen LogP contribution in [0.4, 0.5) is 27.4 Å². The van der Waals surface area contributed by atoms with Crippen LogP contribution < -0.4 is 16.4 Å². The fourth-order valence-corrected chi connectivity index (χ4v) is 2.70. The maximum Gasteiger partial charge on any atom is 0.159 e. The van der Waals surface area contributed by atoms with Crippen molar-refractivity contribution in [2.45, 2.75) is 32.7 Å². The Morgan fingerprint density at radius 3 is 2.30 bits per heavy atom. The van der Waals surface area contributed by atoms with E-state index in [-0.39, 0.29) is 5.82 Å². The van der Waals surface area contributed by atoms with Gasteiger partial charge in [-0.2, -0.15) is 0 Å². The highest BCUT2D eigenvalue weighted by atomic mass is 19.1. The van der Waals surface area contributed by atoms with E-state index < -0.39 is 0 Å². The van der Waals surface area contributed by atoms with Crippen LogP contribution in [0, 0.1) is 5.82 Å². The molecule has 0 unspecified atom stereocenters. The molecule has 0 aliphatic carbocycles. The Hall–Kier alpha value is -3.15. The van der Waals surface area contributed by atoms with Crippen LogP contribution >= 0.6 is 0 Å². The molecule has 1 aromatic heterocycles. The molecule has 0 aliphatic rings. The lowest BCUT2D eigenvalue weighted by molar-refractivity contribution is 0.627. The summed E-state index contributed by atoms with van der Waals surface area (Å²) in [7, 11) is 0. The molecule has 0 bridgehead atoms. The fraction of sp³-hybridized carbons (Fsp3) is 0.238. The molecule has 5 nitrogen and oxygen atoms in total. The van der Waals surface area contributed by atoms with Gasteiger partial charge in [0.05, 0.1) is 0 Å². The summed E-state index contributed by atoms with van der Waals surface area (Å²) >= 11 is 0. The third-order valence-electron chi connectivity index (χ3n) is 4.29. The van der Waals surface area contributed by atoms with Crippen LogP contribution in [0.3, 0.4) is 0 Å². The topological polar surface area (TPSA) is 75.9 Å². The number of benzene rings is 2. The van der Waals surface area contributed by atoms with Crippen molar-refractivity contribution in [1.29, 1.82) is 0 Å². The molecule has 0 fully saturated rings. The van der Waals surface area contributed by atoms with E-state index in [1.807, 2.05) is 12.1 Å². The van der Waals surface area contributed by atoms with Crippen molar-refractivity contribution in [3.63, 3.8) is 0 Å². The zero-order chi connectivity index (χ0) is 19.1. The molecule has 27 heavy (non-hydrogen) atoms. The third-order valence-corrected chi connectivity index (χ3v) is 4.29. The van der Waals surface area contributed by atoms with Gasteiger partial charge >= 0.3 is 0 Å². The average molecular weight is 365 g/mol. The molecule has 0 aliphatic heterocycles. The van der Waals surface area contributed by atoms with E-state index >= 15 is 0 Å². The summed E-state index contributed by atoms with van der Waals surface area (Å²) in [5, 5.41) is 6.40. The lowest BCUT2D eigenvalue weighted by Gasteiger charge is -2.13. The lowest BCUT2D eigenvalue weighted by atomic mass is 10.1. The van der Waals surface area contributed by atoms with Crippen LogP contribution in [0.2, 0.25) is 0 Å². The molecule has 6 heteroatoms. The van der Waals surface area contributed by atoms with E-state index in [0.29, 0.717) is 23.9 Å². The maximum absolute atomic E-state index is 13.0. The molecule has 0 radical (unpaired) electrons. The Morgan fingerprint density at radius 1 is 0.926 bits per heavy atom. The Balaban J connectivity index is 1.66. The van der Waals surface area contributed by atoms with E-state index in [2.05, 4.69) is 39.7 Å². The summed E-state index contributed by atoms with van der Waals surface area (Å²) in [5.41, 5.74) is 9.82. The van der Waals surface area contributed by atoms with Gasteiger partial charge in [0.1, 0.15) is 17.8 Å². The van der Waals surface area contributed by atoms with Crippen molar-refractivity contribution in [1.82, 2.24) is 9.97 Å². The molecule has 4 N–H and O–H groups in total. The Morgan fingerprint density at radius 2 is 1.59 bits per heavy atom. The van der Waals surface area contributed by atoms with Gasteiger partial charge in [-0.3, -0.25) is 0 Å². The highest BCUT2D eigenvalue weighted by molar-refractivity contribution is 5.77. The number of nitrogens with two attached hydrogens (primary N) is 1. The predicted octanol–water partition coefficient (Wildman–Crippen LogP) is 4.90. The molecule has 0 spiro atoms. The number of aryl methyl sites for hydroxylation is 1. The first kappa shape index (κ1) is 18.6. The highest BCUT2D eigenvalue weighted by Gasteiger charge is 2.08. The monoisotopic (exact) mass is 365 g/mol. The van der Waals surface area contributed by atoms with E-state index in [4.69, 9.17) is 5.73 Å². The number of nitrogen functional groups attached to an aromatic ring is 1. The SMILES string of the molecule is CCCCc1ccc(Nc2ncnc(NCc3ccc(F)cc3)c2N)cc1. The van der Waals surface area contributed by atoms with Crippen LogP contribution in [-0.2, 0) is 13.0 Å². The number of nitrogens with one attached hydrogen (secondary N) is 2. The smallest absolute Gasteiger partial charge is 0.159 e. The number of hydrogen-bond acceptors (Lipinski definition) is 5. The Labute approximate surface area is 158 Å². The minimum absolute atomic E-state index is 0.257. The molecule has 0 saturated heterocycles. The van der Waals surface area contributed by atoms with Gasteiger partial charge in [-0.15, -0.1) is 0 Å². The second-order valence-electron chi connectivity index (χ2n) is 6.39. The number of nitrogens with zero attached hydrogens (tertiary/aromatic N) is 2. The Bertz CT molecular complexity index is 863. The van der Waals surface area contributed by atoms with Crippen LogP contribution in [0.1, 0.15) is 30.9 Å². The molecule has 3 aromatic rings. The Kier molecular flexibility index (Phi) is 6.20. The number of unbranched alkanes of at least 4 members (excludes halogenated alkanes) is 1. The number of aromatic nitrogens is 2. The van der Waals surface area contributed by atoms with Crippen LogP contribution in [0.25, 0.3) is 0 Å². The maximum atomic E-state index is 13.0. The largest absolute Gasteiger partial charge is 0.393 e. The van der Waals surface area contributed by atoms with Gasteiger partial charge in [-0.25, -0.2) is 14.4 Å². The molecular weight excluding hydrogens is 341 g/mol. The van der Waals surface area contributed by atoms with E-state index in [1.165, 1.54) is 36.9 Å². The number of halogens is 1. The molecule has 0 saturated carbocycles. The van der Waals surface area contributed by atoms with Crippen LogP contribution in [-0.4, -0.2) is 9.97 Å².